The van der Waals surface area contributed by atoms with Crippen molar-refractivity contribution in [2.24, 2.45) is 0 Å². The molecule has 8 heteroatoms. The summed E-state index contributed by atoms with van der Waals surface area (Å²) in [4.78, 5) is 2.13. The summed E-state index contributed by atoms with van der Waals surface area (Å²) in [6.07, 6.45) is 7.33. The van der Waals surface area contributed by atoms with Gasteiger partial charge in [-0.3, -0.25) is 0 Å². The normalized spacial score (nSPS) is 26.0. The molecule has 0 bridgehead atoms. The number of anilines is 2. The standard InChI is InChI=1S/C24H30Cl2N2O2S2/c25-15-9-11-23(19(13-15)27-17-5-1-3-7-21(17)29)31-32-24-12-10-16(26)14-20(24)28-18-6-2-4-8-22(18)30/h9-14,17-18,21-22,27-30H,1-8H2/t17-,18+,21-,22-/m1/s1. The summed E-state index contributed by atoms with van der Waals surface area (Å²) < 4.78 is 0. The molecular formula is C24H30Cl2N2O2S2. The predicted molar refractivity (Wildman–Crippen MR) is 138 cm³/mol. The minimum atomic E-state index is -0.331. The van der Waals surface area contributed by atoms with Crippen molar-refractivity contribution in [3.63, 3.8) is 0 Å². The second kappa shape index (κ2) is 11.6. The molecule has 2 saturated carbocycles. The quantitative estimate of drug-likeness (QED) is 0.293. The Balaban J connectivity index is 1.48. The van der Waals surface area contributed by atoms with Gasteiger partial charge in [-0.25, -0.2) is 0 Å². The molecule has 174 valence electrons. The SMILES string of the molecule is O[C@@H]1CCCC[C@@H]1Nc1cc(Cl)ccc1SSc1ccc(Cl)cc1N[C@@H]1CCCC[C@H]1O. The van der Waals surface area contributed by atoms with Crippen LogP contribution in [-0.2, 0) is 0 Å². The zero-order chi connectivity index (χ0) is 22.5. The highest BCUT2D eigenvalue weighted by molar-refractivity contribution is 8.76. The fourth-order valence-electron chi connectivity index (χ4n) is 4.42. The molecule has 2 fully saturated rings. The third-order valence-electron chi connectivity index (χ3n) is 6.25. The van der Waals surface area contributed by atoms with Crippen LogP contribution in [0.3, 0.4) is 0 Å². The third kappa shape index (κ3) is 6.43. The van der Waals surface area contributed by atoms with Gasteiger partial charge in [0.05, 0.1) is 35.7 Å². The molecular weight excluding hydrogens is 483 g/mol. The second-order valence-electron chi connectivity index (χ2n) is 8.65. The molecule has 0 saturated heterocycles. The summed E-state index contributed by atoms with van der Waals surface area (Å²) in [7, 11) is 3.30. The van der Waals surface area contributed by atoms with Crippen molar-refractivity contribution >= 4 is 56.2 Å². The molecule has 2 aliphatic rings. The molecule has 2 aliphatic carbocycles. The lowest BCUT2D eigenvalue weighted by atomic mass is 9.92. The molecule has 0 heterocycles. The van der Waals surface area contributed by atoms with E-state index in [1.54, 1.807) is 21.6 Å². The van der Waals surface area contributed by atoms with E-state index in [-0.39, 0.29) is 24.3 Å². The number of nitrogens with one attached hydrogen (secondary N) is 2. The zero-order valence-corrected chi connectivity index (χ0v) is 21.0. The maximum absolute atomic E-state index is 10.4. The number of rotatable bonds is 7. The maximum Gasteiger partial charge on any atom is 0.0741 e. The molecule has 0 unspecified atom stereocenters. The Morgan fingerprint density at radius 2 is 1.06 bits per heavy atom. The number of halogens is 2. The lowest BCUT2D eigenvalue weighted by Crippen LogP contribution is -2.36. The Morgan fingerprint density at radius 1 is 0.656 bits per heavy atom. The first-order valence-electron chi connectivity index (χ1n) is 11.3. The van der Waals surface area contributed by atoms with Crippen molar-refractivity contribution in [1.82, 2.24) is 0 Å². The number of hydrogen-bond donors (Lipinski definition) is 4. The van der Waals surface area contributed by atoms with Crippen molar-refractivity contribution in [3.8, 4) is 0 Å². The minimum absolute atomic E-state index is 0.0483. The number of hydrogen-bond acceptors (Lipinski definition) is 6. The average molecular weight is 514 g/mol. The van der Waals surface area contributed by atoms with E-state index in [4.69, 9.17) is 23.2 Å². The fraction of sp³-hybridized carbons (Fsp3) is 0.500. The molecule has 0 aliphatic heterocycles. The summed E-state index contributed by atoms with van der Waals surface area (Å²) in [5, 5.41) is 29.2. The Labute approximate surface area is 208 Å². The van der Waals surface area contributed by atoms with Crippen LogP contribution in [0.25, 0.3) is 0 Å². The van der Waals surface area contributed by atoms with E-state index >= 15 is 0 Å². The molecule has 4 atom stereocenters. The average Bonchev–Trinajstić information content (AvgIpc) is 2.77. The third-order valence-corrected chi connectivity index (χ3v) is 9.20. The Morgan fingerprint density at radius 3 is 1.47 bits per heavy atom. The summed E-state index contributed by atoms with van der Waals surface area (Å²) in [5.74, 6) is 0. The Hall–Kier alpha value is -0.760. The van der Waals surface area contributed by atoms with Crippen molar-refractivity contribution in [2.75, 3.05) is 10.6 Å². The van der Waals surface area contributed by atoms with Gasteiger partial charge in [0, 0.05) is 19.8 Å². The van der Waals surface area contributed by atoms with Crippen molar-refractivity contribution in [3.05, 3.63) is 46.4 Å². The summed E-state index contributed by atoms with van der Waals surface area (Å²) in [6, 6.07) is 11.8. The predicted octanol–water partition coefficient (Wildman–Crippen LogP) is 7.22. The van der Waals surface area contributed by atoms with E-state index in [2.05, 4.69) is 10.6 Å². The van der Waals surface area contributed by atoms with Crippen LogP contribution >= 0.6 is 44.8 Å². The first-order valence-corrected chi connectivity index (χ1v) is 14.2. The van der Waals surface area contributed by atoms with Gasteiger partial charge >= 0.3 is 0 Å². The summed E-state index contributed by atoms with van der Waals surface area (Å²) >= 11 is 12.6. The van der Waals surface area contributed by atoms with E-state index in [0.717, 1.165) is 72.5 Å². The van der Waals surface area contributed by atoms with Crippen LogP contribution in [0.5, 0.6) is 0 Å². The Bertz CT molecular complexity index is 844. The maximum atomic E-state index is 10.4. The molecule has 4 rings (SSSR count). The molecule has 0 amide bonds. The molecule has 0 aromatic heterocycles. The first kappa shape index (κ1) is 24.4. The van der Waals surface area contributed by atoms with E-state index < -0.39 is 0 Å². The smallest absolute Gasteiger partial charge is 0.0741 e. The van der Waals surface area contributed by atoms with Gasteiger partial charge in [-0.1, -0.05) is 70.5 Å². The van der Waals surface area contributed by atoms with Crippen LogP contribution in [0.1, 0.15) is 51.4 Å². The van der Waals surface area contributed by atoms with Crippen LogP contribution in [0, 0.1) is 0 Å². The van der Waals surface area contributed by atoms with Gasteiger partial charge in [0.15, 0.2) is 0 Å². The van der Waals surface area contributed by atoms with Crippen LogP contribution in [-0.4, -0.2) is 34.5 Å². The lowest BCUT2D eigenvalue weighted by Gasteiger charge is -2.30. The van der Waals surface area contributed by atoms with Gasteiger partial charge in [0.25, 0.3) is 0 Å². The molecule has 0 radical (unpaired) electrons. The Kier molecular flexibility index (Phi) is 8.82. The highest BCUT2D eigenvalue weighted by Crippen LogP contribution is 2.45. The lowest BCUT2D eigenvalue weighted by molar-refractivity contribution is 0.116. The van der Waals surface area contributed by atoms with E-state index in [1.165, 1.54) is 0 Å². The van der Waals surface area contributed by atoms with Gasteiger partial charge < -0.3 is 20.8 Å². The molecule has 32 heavy (non-hydrogen) atoms. The zero-order valence-electron chi connectivity index (χ0n) is 17.9. The van der Waals surface area contributed by atoms with Gasteiger partial charge in [0.2, 0.25) is 0 Å². The molecule has 4 nitrogen and oxygen atoms in total. The monoisotopic (exact) mass is 512 g/mol. The second-order valence-corrected chi connectivity index (χ2v) is 11.7. The molecule has 2 aromatic rings. The minimum Gasteiger partial charge on any atom is -0.391 e. The highest BCUT2D eigenvalue weighted by atomic mass is 35.5. The van der Waals surface area contributed by atoms with Gasteiger partial charge in [-0.2, -0.15) is 0 Å². The highest BCUT2D eigenvalue weighted by Gasteiger charge is 2.25. The molecule has 0 spiro atoms. The largest absolute Gasteiger partial charge is 0.391 e. The fourth-order valence-corrected chi connectivity index (χ4v) is 7.02. The molecule has 4 N–H and O–H groups in total. The molecule has 2 aromatic carbocycles. The van der Waals surface area contributed by atoms with E-state index in [9.17, 15) is 10.2 Å². The van der Waals surface area contributed by atoms with Crippen molar-refractivity contribution in [2.45, 2.75) is 85.4 Å². The van der Waals surface area contributed by atoms with Crippen molar-refractivity contribution < 1.29 is 10.2 Å². The van der Waals surface area contributed by atoms with Crippen LogP contribution in [0.4, 0.5) is 11.4 Å². The number of aliphatic hydroxyl groups excluding tert-OH is 2. The van der Waals surface area contributed by atoms with Crippen molar-refractivity contribution in [1.29, 1.82) is 0 Å². The van der Waals surface area contributed by atoms with Gasteiger partial charge in [0.1, 0.15) is 0 Å². The van der Waals surface area contributed by atoms with Crippen LogP contribution in [0.2, 0.25) is 10.0 Å². The van der Waals surface area contributed by atoms with Gasteiger partial charge in [-0.05, 0) is 62.1 Å². The topological polar surface area (TPSA) is 64.5 Å². The van der Waals surface area contributed by atoms with Gasteiger partial charge in [-0.15, -0.1) is 0 Å². The van der Waals surface area contributed by atoms with Crippen LogP contribution in [0.15, 0.2) is 46.2 Å². The first-order chi connectivity index (χ1) is 15.5. The number of benzene rings is 2. The van der Waals surface area contributed by atoms with E-state index in [1.807, 2.05) is 36.4 Å². The summed E-state index contributed by atoms with van der Waals surface area (Å²) in [5.41, 5.74) is 1.90. The summed E-state index contributed by atoms with van der Waals surface area (Å²) in [6.45, 7) is 0. The van der Waals surface area contributed by atoms with Crippen LogP contribution < -0.4 is 10.6 Å². The number of aliphatic hydroxyl groups is 2. The van der Waals surface area contributed by atoms with E-state index in [0.29, 0.717) is 10.0 Å².